The molecule has 0 bridgehead atoms. The summed E-state index contributed by atoms with van der Waals surface area (Å²) in [7, 11) is -1.01. The van der Waals surface area contributed by atoms with Gasteiger partial charge in [-0.2, -0.15) is 0 Å². The summed E-state index contributed by atoms with van der Waals surface area (Å²) in [6, 6.07) is 9.08. The van der Waals surface area contributed by atoms with Gasteiger partial charge in [0.25, 0.3) is 0 Å². The second-order valence-corrected chi connectivity index (χ2v) is 3.00. The minimum Gasteiger partial charge on any atom is -0.422 e. The summed E-state index contributed by atoms with van der Waals surface area (Å²) in [6.45, 7) is 3.66. The molecule has 1 rings (SSSR count). The van der Waals surface area contributed by atoms with Crippen LogP contribution in [-0.4, -0.2) is 18.2 Å². The fourth-order valence-corrected chi connectivity index (χ4v) is 0.837. The first-order valence-corrected chi connectivity index (χ1v) is 4.25. The highest BCUT2D eigenvalue weighted by Gasteiger charge is 2.17. The lowest BCUT2D eigenvalue weighted by molar-refractivity contribution is -0.247. The SMILES string of the molecule is CC(C)OOB(O)c1ccccc1. The summed E-state index contributed by atoms with van der Waals surface area (Å²) in [5.41, 5.74) is 0.683. The van der Waals surface area contributed by atoms with Gasteiger partial charge in [-0.05, 0) is 19.3 Å². The molecule has 1 N–H and O–H groups in total. The van der Waals surface area contributed by atoms with Gasteiger partial charge in [-0.3, -0.25) is 4.81 Å². The molecule has 13 heavy (non-hydrogen) atoms. The molecule has 4 heteroatoms. The first kappa shape index (κ1) is 10.2. The van der Waals surface area contributed by atoms with Crippen LogP contribution in [0.15, 0.2) is 30.3 Å². The maximum Gasteiger partial charge on any atom is 0.523 e. The van der Waals surface area contributed by atoms with Crippen molar-refractivity contribution in [2.45, 2.75) is 20.0 Å². The second-order valence-electron chi connectivity index (χ2n) is 3.00. The predicted octanol–water partition coefficient (Wildman–Crippen LogP) is 0.731. The molecule has 0 aliphatic heterocycles. The summed E-state index contributed by atoms with van der Waals surface area (Å²) in [5.74, 6) is 0. The Labute approximate surface area is 78.4 Å². The molecule has 70 valence electrons. The van der Waals surface area contributed by atoms with Crippen LogP contribution in [0.25, 0.3) is 0 Å². The monoisotopic (exact) mass is 180 g/mol. The van der Waals surface area contributed by atoms with E-state index in [1.807, 2.05) is 32.0 Å². The highest BCUT2D eigenvalue weighted by molar-refractivity contribution is 6.59. The van der Waals surface area contributed by atoms with Gasteiger partial charge in [0.1, 0.15) is 0 Å². The van der Waals surface area contributed by atoms with E-state index in [0.717, 1.165) is 0 Å². The largest absolute Gasteiger partial charge is 0.523 e. The van der Waals surface area contributed by atoms with Gasteiger partial charge in [0.2, 0.25) is 0 Å². The van der Waals surface area contributed by atoms with E-state index in [1.165, 1.54) is 0 Å². The third-order valence-electron chi connectivity index (χ3n) is 1.42. The smallest absolute Gasteiger partial charge is 0.422 e. The van der Waals surface area contributed by atoms with Crippen molar-refractivity contribution >= 4 is 12.6 Å². The predicted molar refractivity (Wildman–Crippen MR) is 51.4 cm³/mol. The van der Waals surface area contributed by atoms with Crippen molar-refractivity contribution in [1.82, 2.24) is 0 Å². The highest BCUT2D eigenvalue weighted by Crippen LogP contribution is 1.93. The van der Waals surface area contributed by atoms with Gasteiger partial charge < -0.3 is 5.02 Å². The van der Waals surface area contributed by atoms with E-state index in [9.17, 15) is 5.02 Å². The molecule has 0 fully saturated rings. The van der Waals surface area contributed by atoms with Gasteiger partial charge in [0, 0.05) is 0 Å². The Kier molecular flexibility index (Phi) is 3.95. The molecule has 1 aromatic carbocycles. The zero-order valence-electron chi connectivity index (χ0n) is 7.81. The van der Waals surface area contributed by atoms with Gasteiger partial charge in [-0.1, -0.05) is 30.3 Å². The van der Waals surface area contributed by atoms with Crippen LogP contribution in [0.3, 0.4) is 0 Å². The average molecular weight is 180 g/mol. The zero-order chi connectivity index (χ0) is 9.68. The fraction of sp³-hybridized carbons (Fsp3) is 0.333. The summed E-state index contributed by atoms with van der Waals surface area (Å²) in [6.07, 6.45) is -0.0571. The fourth-order valence-electron chi connectivity index (χ4n) is 0.837. The zero-order valence-corrected chi connectivity index (χ0v) is 7.81. The van der Waals surface area contributed by atoms with E-state index < -0.39 is 7.12 Å². The van der Waals surface area contributed by atoms with Crippen LogP contribution in [0.1, 0.15) is 13.8 Å². The molecule has 0 saturated carbocycles. The Morgan fingerprint density at radius 2 is 1.85 bits per heavy atom. The normalized spacial score (nSPS) is 10.5. The average Bonchev–Trinajstić information content (AvgIpc) is 2.15. The van der Waals surface area contributed by atoms with Crippen molar-refractivity contribution in [3.63, 3.8) is 0 Å². The number of benzene rings is 1. The van der Waals surface area contributed by atoms with Crippen molar-refractivity contribution in [1.29, 1.82) is 0 Å². The first-order valence-electron chi connectivity index (χ1n) is 4.25. The molecule has 0 atom stereocenters. The van der Waals surface area contributed by atoms with Crippen LogP contribution in [0, 0.1) is 0 Å². The van der Waals surface area contributed by atoms with Crippen molar-refractivity contribution < 1.29 is 14.7 Å². The van der Waals surface area contributed by atoms with Gasteiger partial charge in [0.15, 0.2) is 0 Å². The van der Waals surface area contributed by atoms with Gasteiger partial charge >= 0.3 is 7.12 Å². The molecule has 0 saturated heterocycles. The summed E-state index contributed by atoms with van der Waals surface area (Å²) in [4.78, 5) is 9.55. The molecule has 0 radical (unpaired) electrons. The topological polar surface area (TPSA) is 38.7 Å². The number of hydrogen-bond acceptors (Lipinski definition) is 3. The van der Waals surface area contributed by atoms with Crippen LogP contribution in [0.4, 0.5) is 0 Å². The molecule has 0 heterocycles. The lowest BCUT2D eigenvalue weighted by atomic mass is 9.80. The van der Waals surface area contributed by atoms with Crippen LogP contribution >= 0.6 is 0 Å². The molecule has 0 amide bonds. The molecular weight excluding hydrogens is 167 g/mol. The minimum absolute atomic E-state index is 0.0571. The lowest BCUT2D eigenvalue weighted by Gasteiger charge is -2.09. The van der Waals surface area contributed by atoms with Gasteiger partial charge in [-0.15, -0.1) is 0 Å². The van der Waals surface area contributed by atoms with E-state index in [4.69, 9.17) is 9.69 Å². The Balaban J connectivity index is 2.44. The quantitative estimate of drug-likeness (QED) is 0.421. The molecule has 0 aliphatic carbocycles. The molecule has 3 nitrogen and oxygen atoms in total. The summed E-state index contributed by atoms with van der Waals surface area (Å²) < 4.78 is 0. The van der Waals surface area contributed by atoms with Crippen molar-refractivity contribution in [3.05, 3.63) is 30.3 Å². The van der Waals surface area contributed by atoms with Crippen molar-refractivity contribution in [2.24, 2.45) is 0 Å². The first-order chi connectivity index (χ1) is 6.20. The molecule has 0 aromatic heterocycles. The second kappa shape index (κ2) is 5.02. The van der Waals surface area contributed by atoms with Crippen LogP contribution < -0.4 is 5.46 Å². The van der Waals surface area contributed by atoms with Crippen molar-refractivity contribution in [2.75, 3.05) is 0 Å². The molecule has 0 unspecified atom stereocenters. The maximum atomic E-state index is 9.42. The van der Waals surface area contributed by atoms with Crippen molar-refractivity contribution in [3.8, 4) is 0 Å². The molecular formula is C9H13BO3. The van der Waals surface area contributed by atoms with E-state index in [1.54, 1.807) is 12.1 Å². The Morgan fingerprint density at radius 3 is 2.38 bits per heavy atom. The Bertz CT molecular complexity index is 238. The van der Waals surface area contributed by atoms with Crippen LogP contribution in [0.5, 0.6) is 0 Å². The summed E-state index contributed by atoms with van der Waals surface area (Å²) in [5, 5.41) is 9.42. The molecule has 1 aromatic rings. The van der Waals surface area contributed by atoms with E-state index in [-0.39, 0.29) is 6.10 Å². The molecule has 0 aliphatic rings. The van der Waals surface area contributed by atoms with Crippen LogP contribution in [0.2, 0.25) is 0 Å². The van der Waals surface area contributed by atoms with Gasteiger partial charge in [0.05, 0.1) is 6.10 Å². The van der Waals surface area contributed by atoms with E-state index >= 15 is 0 Å². The highest BCUT2D eigenvalue weighted by atomic mass is 17.2. The van der Waals surface area contributed by atoms with E-state index in [0.29, 0.717) is 5.46 Å². The minimum atomic E-state index is -1.01. The third-order valence-corrected chi connectivity index (χ3v) is 1.42. The standard InChI is InChI=1S/C9H13BO3/c1-8(2)12-13-10(11)9-6-4-3-5-7-9/h3-8,11H,1-2H3. The number of rotatable bonds is 4. The van der Waals surface area contributed by atoms with Crippen LogP contribution in [-0.2, 0) is 9.69 Å². The molecule has 0 spiro atoms. The summed E-state index contributed by atoms with van der Waals surface area (Å²) >= 11 is 0. The Hall–Kier alpha value is -0.835. The lowest BCUT2D eigenvalue weighted by Crippen LogP contribution is -2.34. The number of hydrogen-bond donors (Lipinski definition) is 1. The van der Waals surface area contributed by atoms with E-state index in [2.05, 4.69) is 0 Å². The third kappa shape index (κ3) is 3.59. The Morgan fingerprint density at radius 1 is 1.23 bits per heavy atom. The maximum absolute atomic E-state index is 9.42. The van der Waals surface area contributed by atoms with Gasteiger partial charge in [-0.25, -0.2) is 4.89 Å².